The highest BCUT2D eigenvalue weighted by Crippen LogP contribution is 2.48. The van der Waals surface area contributed by atoms with Crippen LogP contribution in [0.4, 0.5) is 22.9 Å². The summed E-state index contributed by atoms with van der Waals surface area (Å²) in [6.07, 6.45) is 0. The number of amidine groups is 2. The van der Waals surface area contributed by atoms with Gasteiger partial charge in [-0.1, -0.05) is 66.2 Å². The van der Waals surface area contributed by atoms with E-state index in [0.29, 0.717) is 5.84 Å². The lowest BCUT2D eigenvalue weighted by molar-refractivity contribution is 0.809. The third-order valence-electron chi connectivity index (χ3n) is 7.68. The van der Waals surface area contributed by atoms with Crippen molar-refractivity contribution in [2.45, 2.75) is 33.7 Å². The minimum Gasteiger partial charge on any atom is -0.337 e. The molecular formula is C34H30N6. The first kappa shape index (κ1) is 24.1. The van der Waals surface area contributed by atoms with E-state index in [0.717, 1.165) is 45.7 Å². The number of nitrogens with one attached hydrogen (secondary N) is 1. The maximum Gasteiger partial charge on any atom is 0.179 e. The zero-order chi connectivity index (χ0) is 27.4. The average Bonchev–Trinajstić information content (AvgIpc) is 3.29. The van der Waals surface area contributed by atoms with Crippen molar-refractivity contribution in [3.8, 4) is 5.69 Å². The van der Waals surface area contributed by atoms with Crippen LogP contribution in [0, 0.1) is 27.7 Å². The van der Waals surface area contributed by atoms with E-state index in [1.807, 2.05) is 10.7 Å². The second-order valence-corrected chi connectivity index (χ2v) is 10.6. The number of rotatable bonds is 3. The predicted octanol–water partition coefficient (Wildman–Crippen LogP) is 7.90. The Bertz CT molecular complexity index is 1830. The van der Waals surface area contributed by atoms with Crippen LogP contribution in [0.15, 0.2) is 107 Å². The zero-order valence-corrected chi connectivity index (χ0v) is 23.1. The number of benzene rings is 4. The number of hydrogen-bond acceptors (Lipinski definition) is 5. The van der Waals surface area contributed by atoms with Gasteiger partial charge < -0.3 is 10.2 Å². The fourth-order valence-electron chi connectivity index (χ4n) is 5.71. The molecule has 0 spiro atoms. The van der Waals surface area contributed by atoms with Crippen LogP contribution in [-0.2, 0) is 0 Å². The summed E-state index contributed by atoms with van der Waals surface area (Å²) in [4.78, 5) is 12.8. The van der Waals surface area contributed by atoms with Gasteiger partial charge in [-0.05, 0) is 80.8 Å². The predicted molar refractivity (Wildman–Crippen MR) is 164 cm³/mol. The Morgan fingerprint density at radius 2 is 1.50 bits per heavy atom. The highest BCUT2D eigenvalue weighted by molar-refractivity contribution is 6.51. The molecule has 0 radical (unpaired) electrons. The number of aromatic nitrogens is 2. The van der Waals surface area contributed by atoms with Crippen LogP contribution in [0.5, 0.6) is 0 Å². The monoisotopic (exact) mass is 522 g/mol. The van der Waals surface area contributed by atoms with Crippen molar-refractivity contribution >= 4 is 34.6 Å². The van der Waals surface area contributed by atoms with Crippen LogP contribution in [0.3, 0.4) is 0 Å². The Balaban J connectivity index is 1.51. The molecule has 6 heteroatoms. The smallest absolute Gasteiger partial charge is 0.179 e. The normalized spacial score (nSPS) is 15.5. The van der Waals surface area contributed by atoms with Gasteiger partial charge in [-0.2, -0.15) is 5.10 Å². The van der Waals surface area contributed by atoms with Crippen molar-refractivity contribution in [2.24, 2.45) is 9.98 Å². The Kier molecular flexibility index (Phi) is 5.63. The first-order valence-electron chi connectivity index (χ1n) is 13.6. The van der Waals surface area contributed by atoms with Gasteiger partial charge in [0.1, 0.15) is 0 Å². The first-order chi connectivity index (χ1) is 19.5. The van der Waals surface area contributed by atoms with Crippen LogP contribution in [0.25, 0.3) is 5.69 Å². The van der Waals surface area contributed by atoms with Gasteiger partial charge in [0, 0.05) is 11.3 Å². The maximum atomic E-state index is 5.34. The minimum atomic E-state index is -0.131. The van der Waals surface area contributed by atoms with Crippen molar-refractivity contribution in [1.29, 1.82) is 0 Å². The average molecular weight is 523 g/mol. The van der Waals surface area contributed by atoms with Crippen LogP contribution in [-0.4, -0.2) is 21.5 Å². The lowest BCUT2D eigenvalue weighted by Crippen LogP contribution is -2.46. The summed E-state index contributed by atoms with van der Waals surface area (Å²) in [6.45, 7) is 8.46. The lowest BCUT2D eigenvalue weighted by Gasteiger charge is -2.41. The fraction of sp³-hybridized carbons (Fsp3) is 0.147. The SMILES string of the molecule is Cc1ccc(-n2nc(C)c3c2N=C2C(Nc4cccc(C)c4)=Nc4ccccc4N2[C@H]3c2ccccc2C)cc1. The Hall–Kier alpha value is -4.97. The van der Waals surface area contributed by atoms with Crippen LogP contribution in [0.1, 0.15) is 39.6 Å². The third kappa shape index (κ3) is 3.92. The van der Waals surface area contributed by atoms with Gasteiger partial charge in [0.05, 0.1) is 28.8 Å². The topological polar surface area (TPSA) is 57.8 Å². The second kappa shape index (κ2) is 9.35. The van der Waals surface area contributed by atoms with Crippen LogP contribution >= 0.6 is 0 Å². The molecule has 0 bridgehead atoms. The third-order valence-corrected chi connectivity index (χ3v) is 7.68. The van der Waals surface area contributed by atoms with Gasteiger partial charge in [-0.15, -0.1) is 0 Å². The standard InChI is InChI=1S/C34H30N6/c1-21-16-18-26(19-17-21)40-33-30(24(4)38-40)31(27-13-6-5-11-23(27)3)39-29-15-8-7-14-28(29)36-32(34(39)37-33)35-25-12-9-10-22(2)20-25/h5-20,31H,1-4H3,(H,35,36)/t31-/m0/s1. The molecule has 3 heterocycles. The van der Waals surface area contributed by atoms with E-state index < -0.39 is 0 Å². The Morgan fingerprint density at radius 3 is 2.30 bits per heavy atom. The number of fused-ring (bicyclic) bond motifs is 4. The molecule has 2 aliphatic heterocycles. The molecule has 6 nitrogen and oxygen atoms in total. The number of para-hydroxylation sites is 2. The van der Waals surface area contributed by atoms with Gasteiger partial charge in [0.2, 0.25) is 0 Å². The van der Waals surface area contributed by atoms with Crippen molar-refractivity contribution < 1.29 is 0 Å². The largest absolute Gasteiger partial charge is 0.337 e. The molecule has 4 aromatic carbocycles. The van der Waals surface area contributed by atoms with Crippen LogP contribution < -0.4 is 10.2 Å². The molecule has 1 aromatic heterocycles. The Morgan fingerprint density at radius 1 is 0.725 bits per heavy atom. The van der Waals surface area contributed by atoms with Gasteiger partial charge in [-0.25, -0.2) is 14.7 Å². The minimum absolute atomic E-state index is 0.131. The van der Waals surface area contributed by atoms with Gasteiger partial charge in [0.15, 0.2) is 17.5 Å². The number of aryl methyl sites for hydroxylation is 4. The highest BCUT2D eigenvalue weighted by atomic mass is 15.4. The number of aliphatic imine (C=N–C) groups is 2. The van der Waals surface area contributed by atoms with Crippen molar-refractivity contribution in [3.63, 3.8) is 0 Å². The molecule has 0 fully saturated rings. The van der Waals surface area contributed by atoms with E-state index in [9.17, 15) is 0 Å². The summed E-state index contributed by atoms with van der Waals surface area (Å²) < 4.78 is 1.98. The molecule has 40 heavy (non-hydrogen) atoms. The maximum absolute atomic E-state index is 5.34. The summed E-state index contributed by atoms with van der Waals surface area (Å²) in [5.74, 6) is 2.32. The lowest BCUT2D eigenvalue weighted by atomic mass is 9.90. The van der Waals surface area contributed by atoms with Crippen LogP contribution in [0.2, 0.25) is 0 Å². The highest BCUT2D eigenvalue weighted by Gasteiger charge is 2.41. The van der Waals surface area contributed by atoms with E-state index in [4.69, 9.17) is 15.1 Å². The van der Waals surface area contributed by atoms with Crippen molar-refractivity contribution in [2.75, 3.05) is 10.2 Å². The molecule has 5 aromatic rings. The van der Waals surface area contributed by atoms with E-state index in [1.54, 1.807) is 0 Å². The molecule has 0 saturated carbocycles. The van der Waals surface area contributed by atoms with E-state index >= 15 is 0 Å². The summed E-state index contributed by atoms with van der Waals surface area (Å²) in [5.41, 5.74) is 10.8. The molecule has 1 N–H and O–H groups in total. The molecule has 0 amide bonds. The summed E-state index contributed by atoms with van der Waals surface area (Å²) >= 11 is 0. The molecule has 7 rings (SSSR count). The molecular weight excluding hydrogens is 492 g/mol. The van der Waals surface area contributed by atoms with Crippen molar-refractivity contribution in [1.82, 2.24) is 9.78 Å². The molecule has 196 valence electrons. The molecule has 2 aliphatic rings. The Labute approximate surface area is 234 Å². The van der Waals surface area contributed by atoms with Crippen molar-refractivity contribution in [3.05, 3.63) is 131 Å². The molecule has 1 atom stereocenters. The molecule has 0 aliphatic carbocycles. The summed E-state index contributed by atoms with van der Waals surface area (Å²) in [5, 5.41) is 8.66. The van der Waals surface area contributed by atoms with E-state index in [-0.39, 0.29) is 6.04 Å². The van der Waals surface area contributed by atoms with E-state index in [1.165, 1.54) is 22.3 Å². The fourth-order valence-corrected chi connectivity index (χ4v) is 5.71. The number of nitrogens with zero attached hydrogens (tertiary/aromatic N) is 5. The number of hydrogen-bond donors (Lipinski definition) is 1. The van der Waals surface area contributed by atoms with Gasteiger partial charge in [0.25, 0.3) is 0 Å². The first-order valence-corrected chi connectivity index (χ1v) is 13.6. The quantitative estimate of drug-likeness (QED) is 0.262. The second-order valence-electron chi connectivity index (χ2n) is 10.6. The summed E-state index contributed by atoms with van der Waals surface area (Å²) in [6, 6.07) is 33.6. The van der Waals surface area contributed by atoms with Gasteiger partial charge >= 0.3 is 0 Å². The number of anilines is 2. The summed E-state index contributed by atoms with van der Waals surface area (Å²) in [7, 11) is 0. The van der Waals surface area contributed by atoms with E-state index in [2.05, 4.69) is 129 Å². The molecule has 0 unspecified atom stereocenters. The zero-order valence-electron chi connectivity index (χ0n) is 23.1. The van der Waals surface area contributed by atoms with Gasteiger partial charge in [-0.3, -0.25) is 0 Å². The molecule has 0 saturated heterocycles.